The summed E-state index contributed by atoms with van der Waals surface area (Å²) >= 11 is 0. The second-order valence-corrected chi connectivity index (χ2v) is 5.20. The molecule has 1 aliphatic heterocycles. The Morgan fingerprint density at radius 3 is 2.06 bits per heavy atom. The summed E-state index contributed by atoms with van der Waals surface area (Å²) in [5.74, 6) is 0. The minimum Gasteiger partial charge on any atom is -0.399 e. The highest BCUT2D eigenvalue weighted by molar-refractivity contribution is 6.17. The van der Waals surface area contributed by atoms with Gasteiger partial charge in [-0.15, -0.1) is 0 Å². The van der Waals surface area contributed by atoms with Crippen LogP contribution < -0.4 is 5.73 Å². The van der Waals surface area contributed by atoms with Crippen molar-refractivity contribution in [1.82, 2.24) is 4.90 Å². The van der Waals surface area contributed by atoms with Crippen LogP contribution in [0.1, 0.15) is 39.5 Å². The van der Waals surface area contributed by atoms with E-state index in [-0.39, 0.29) is 0 Å². The molecule has 1 saturated heterocycles. The third-order valence-corrected chi connectivity index (χ3v) is 3.69. The minimum absolute atomic E-state index is 0.589. The average Bonchev–Trinajstić information content (AvgIpc) is 3.15. The van der Waals surface area contributed by atoms with Crippen molar-refractivity contribution in [2.24, 2.45) is 5.73 Å². The molecule has 1 fully saturated rings. The molecular formula is C12H30N2O2Si. The van der Waals surface area contributed by atoms with Crippen LogP contribution in [-0.4, -0.2) is 54.3 Å². The maximum absolute atomic E-state index is 5.37. The van der Waals surface area contributed by atoms with Crippen LogP contribution in [0.5, 0.6) is 0 Å². The van der Waals surface area contributed by atoms with E-state index in [0.717, 1.165) is 19.8 Å². The number of nitrogens with two attached hydrogens (primary N) is 1. The second kappa shape index (κ2) is 14.1. The lowest BCUT2D eigenvalue weighted by atomic mass is 10.2. The third-order valence-electron chi connectivity index (χ3n) is 2.54. The van der Waals surface area contributed by atoms with Gasteiger partial charge >= 0.3 is 10.0 Å². The summed E-state index contributed by atoms with van der Waals surface area (Å²) < 4.78 is 9.98. The van der Waals surface area contributed by atoms with Crippen LogP contribution in [0.2, 0.25) is 0 Å². The Balaban J connectivity index is 0.000000325. The van der Waals surface area contributed by atoms with Gasteiger partial charge < -0.3 is 19.5 Å². The summed E-state index contributed by atoms with van der Waals surface area (Å²) in [5.41, 5.74) is 5.37. The highest BCUT2D eigenvalue weighted by atomic mass is 28.3. The van der Waals surface area contributed by atoms with E-state index in [4.69, 9.17) is 14.6 Å². The minimum atomic E-state index is -0.589. The van der Waals surface area contributed by atoms with Crippen molar-refractivity contribution in [1.29, 1.82) is 0 Å². The Labute approximate surface area is 109 Å². The first-order valence-corrected chi connectivity index (χ1v) is 8.08. The van der Waals surface area contributed by atoms with Gasteiger partial charge in [-0.3, -0.25) is 0 Å². The van der Waals surface area contributed by atoms with Gasteiger partial charge in [0.15, 0.2) is 0 Å². The zero-order chi connectivity index (χ0) is 12.8. The number of hydrogen-bond donors (Lipinski definition) is 1. The Bertz CT molecular complexity index is 142. The van der Waals surface area contributed by atoms with E-state index in [1.807, 2.05) is 13.8 Å². The van der Waals surface area contributed by atoms with Crippen molar-refractivity contribution in [2.75, 3.05) is 39.4 Å². The lowest BCUT2D eigenvalue weighted by Crippen LogP contribution is -2.02. The van der Waals surface area contributed by atoms with Gasteiger partial charge in [-0.2, -0.15) is 0 Å². The van der Waals surface area contributed by atoms with Gasteiger partial charge in [-0.1, -0.05) is 12.8 Å². The molecule has 1 aliphatic rings. The molecule has 0 aliphatic carbocycles. The molecule has 0 amide bonds. The molecule has 0 saturated carbocycles. The molecular weight excluding hydrogens is 232 g/mol. The first-order valence-electron chi connectivity index (χ1n) is 6.93. The van der Waals surface area contributed by atoms with Crippen LogP contribution in [0.3, 0.4) is 0 Å². The van der Waals surface area contributed by atoms with E-state index in [9.17, 15) is 0 Å². The van der Waals surface area contributed by atoms with Gasteiger partial charge in [0.05, 0.1) is 0 Å². The smallest absolute Gasteiger partial charge is 0.304 e. The Kier molecular flexibility index (Phi) is 14.2. The molecule has 0 aromatic carbocycles. The van der Waals surface area contributed by atoms with Crippen molar-refractivity contribution in [3.63, 3.8) is 0 Å². The quantitative estimate of drug-likeness (QED) is 0.361. The molecule has 2 N–H and O–H groups in total. The predicted octanol–water partition coefficient (Wildman–Crippen LogP) is 0.879. The monoisotopic (exact) mass is 262 g/mol. The van der Waals surface area contributed by atoms with Crippen LogP contribution in [0.15, 0.2) is 0 Å². The summed E-state index contributed by atoms with van der Waals surface area (Å²) in [6.45, 7) is 10.4. The third kappa shape index (κ3) is 16.1. The molecule has 5 heteroatoms. The van der Waals surface area contributed by atoms with Gasteiger partial charge in [0, 0.05) is 26.3 Å². The number of nitrogens with zero attached hydrogens (tertiary/aromatic N) is 1. The fourth-order valence-electron chi connectivity index (χ4n) is 1.35. The van der Waals surface area contributed by atoms with Gasteiger partial charge in [0.1, 0.15) is 0 Å². The Hall–Kier alpha value is 0.0569. The molecule has 0 radical (unpaired) electrons. The summed E-state index contributed by atoms with van der Waals surface area (Å²) in [6.07, 6.45) is 5.28. The van der Waals surface area contributed by atoms with E-state index in [0.29, 0.717) is 0 Å². The summed E-state index contributed by atoms with van der Waals surface area (Å²) in [7, 11) is -0.589. The molecule has 1 rings (SSSR count). The predicted molar refractivity (Wildman–Crippen MR) is 75.8 cm³/mol. The van der Waals surface area contributed by atoms with Crippen LogP contribution in [0.4, 0.5) is 0 Å². The summed E-state index contributed by atoms with van der Waals surface area (Å²) in [5, 5.41) is 0. The molecule has 0 atom stereocenters. The van der Waals surface area contributed by atoms with Crippen LogP contribution >= 0.6 is 0 Å². The molecule has 17 heavy (non-hydrogen) atoms. The van der Waals surface area contributed by atoms with Crippen molar-refractivity contribution < 1.29 is 8.85 Å². The molecule has 104 valence electrons. The fraction of sp³-hybridized carbons (Fsp3) is 1.00. The van der Waals surface area contributed by atoms with Crippen LogP contribution in [-0.2, 0) is 8.85 Å². The summed E-state index contributed by atoms with van der Waals surface area (Å²) in [4.78, 5) is 2.47. The number of rotatable bonds is 10. The Morgan fingerprint density at radius 1 is 1.00 bits per heavy atom. The molecule has 1 heterocycles. The van der Waals surface area contributed by atoms with Gasteiger partial charge in [0.2, 0.25) is 0 Å². The van der Waals surface area contributed by atoms with Crippen LogP contribution in [0, 0.1) is 0 Å². The molecule has 4 nitrogen and oxygen atoms in total. The van der Waals surface area contributed by atoms with E-state index in [1.54, 1.807) is 0 Å². The van der Waals surface area contributed by atoms with Crippen molar-refractivity contribution >= 4 is 10.0 Å². The molecule has 0 aromatic rings. The van der Waals surface area contributed by atoms with E-state index < -0.39 is 10.0 Å². The Morgan fingerprint density at radius 2 is 1.59 bits per heavy atom. The maximum atomic E-state index is 5.37. The standard InChI is InChI=1S/C8H18N2.C4H12O2Si/c9-5-3-1-2-4-6-10-7-8-10;1-3-5-7-6-4-2/h1-9H2;3-4,7H2,1-2H3. The zero-order valence-corrected chi connectivity index (χ0v) is 13.0. The molecule has 0 bridgehead atoms. The highest BCUT2D eigenvalue weighted by Crippen LogP contribution is 2.07. The molecule has 0 aromatic heterocycles. The number of hydrogen-bond acceptors (Lipinski definition) is 4. The largest absolute Gasteiger partial charge is 0.399 e. The second-order valence-electron chi connectivity index (χ2n) is 4.15. The lowest BCUT2D eigenvalue weighted by molar-refractivity contribution is 0.240. The normalized spacial score (nSPS) is 14.3. The first kappa shape index (κ1) is 17.1. The van der Waals surface area contributed by atoms with Gasteiger partial charge in [-0.25, -0.2) is 0 Å². The van der Waals surface area contributed by atoms with Gasteiger partial charge in [-0.05, 0) is 39.8 Å². The maximum Gasteiger partial charge on any atom is 0.304 e. The topological polar surface area (TPSA) is 47.5 Å². The van der Waals surface area contributed by atoms with Crippen molar-refractivity contribution in [3.8, 4) is 0 Å². The van der Waals surface area contributed by atoms with E-state index >= 15 is 0 Å². The highest BCUT2D eigenvalue weighted by Gasteiger charge is 2.14. The fourth-order valence-corrected chi connectivity index (χ4v) is 1.80. The lowest BCUT2D eigenvalue weighted by Gasteiger charge is -1.99. The average molecular weight is 262 g/mol. The van der Waals surface area contributed by atoms with E-state index in [2.05, 4.69) is 4.90 Å². The van der Waals surface area contributed by atoms with Crippen molar-refractivity contribution in [2.45, 2.75) is 39.5 Å². The SMILES string of the molecule is CCO[SiH2]OCC.NCCCCCCN1CC1. The van der Waals surface area contributed by atoms with Crippen LogP contribution in [0.25, 0.3) is 0 Å². The zero-order valence-electron chi connectivity index (χ0n) is 11.6. The van der Waals surface area contributed by atoms with Gasteiger partial charge in [0.25, 0.3) is 0 Å². The summed E-state index contributed by atoms with van der Waals surface area (Å²) in [6, 6.07) is 0. The van der Waals surface area contributed by atoms with E-state index in [1.165, 1.54) is 45.3 Å². The molecule has 0 unspecified atom stereocenters. The van der Waals surface area contributed by atoms with Crippen molar-refractivity contribution in [3.05, 3.63) is 0 Å². The first-order chi connectivity index (χ1) is 8.35. The number of unbranched alkanes of at least 4 members (excludes halogenated alkanes) is 3. The molecule has 0 spiro atoms.